The first kappa shape index (κ1) is 25.7. The zero-order valence-electron chi connectivity index (χ0n) is 19.4. The number of amides is 1. The Hall–Kier alpha value is -1.35. The van der Waals surface area contributed by atoms with Gasteiger partial charge in [-0.15, -0.1) is 0 Å². The highest BCUT2D eigenvalue weighted by atomic mass is 16.3. The molecule has 0 fully saturated rings. The van der Waals surface area contributed by atoms with Crippen molar-refractivity contribution in [2.45, 2.75) is 110 Å². The Balaban J connectivity index is 2.63. The van der Waals surface area contributed by atoms with E-state index >= 15 is 0 Å². The summed E-state index contributed by atoms with van der Waals surface area (Å²) < 4.78 is 0. The van der Waals surface area contributed by atoms with E-state index in [9.17, 15) is 9.90 Å². The summed E-state index contributed by atoms with van der Waals surface area (Å²) in [6.45, 7) is 6.42. The maximum atomic E-state index is 13.3. The summed E-state index contributed by atoms with van der Waals surface area (Å²) in [5.41, 5.74) is 0.870. The van der Waals surface area contributed by atoms with Gasteiger partial charge < -0.3 is 10.0 Å². The fourth-order valence-electron chi connectivity index (χ4n) is 4.01. The van der Waals surface area contributed by atoms with Gasteiger partial charge in [0.1, 0.15) is 0 Å². The molecule has 3 atom stereocenters. The van der Waals surface area contributed by atoms with Crippen molar-refractivity contribution in [2.24, 2.45) is 5.92 Å². The van der Waals surface area contributed by atoms with E-state index in [1.165, 1.54) is 51.4 Å². The Morgan fingerprint density at radius 1 is 0.862 bits per heavy atom. The van der Waals surface area contributed by atoms with Gasteiger partial charge in [0.25, 0.3) is 0 Å². The minimum absolute atomic E-state index is 0.0912. The van der Waals surface area contributed by atoms with E-state index in [0.717, 1.165) is 31.2 Å². The van der Waals surface area contributed by atoms with Gasteiger partial charge in [0.15, 0.2) is 0 Å². The molecule has 1 aromatic carbocycles. The van der Waals surface area contributed by atoms with Crippen LogP contribution in [-0.4, -0.2) is 29.0 Å². The molecule has 3 heteroatoms. The van der Waals surface area contributed by atoms with Crippen molar-refractivity contribution in [3.8, 4) is 0 Å². The van der Waals surface area contributed by atoms with Gasteiger partial charge in [-0.05, 0) is 25.3 Å². The van der Waals surface area contributed by atoms with Gasteiger partial charge in [-0.2, -0.15) is 0 Å². The summed E-state index contributed by atoms with van der Waals surface area (Å²) in [4.78, 5) is 15.1. The van der Waals surface area contributed by atoms with E-state index < -0.39 is 6.10 Å². The maximum Gasteiger partial charge on any atom is 0.225 e. The number of hydrogen-bond donors (Lipinski definition) is 1. The van der Waals surface area contributed by atoms with E-state index in [1.54, 1.807) is 4.90 Å². The number of carbonyl (C=O) groups is 1. The van der Waals surface area contributed by atoms with Gasteiger partial charge in [0.2, 0.25) is 5.91 Å². The number of unbranched alkanes of at least 4 members (excludes halogenated alkanes) is 8. The Bertz CT molecular complexity index is 531. The van der Waals surface area contributed by atoms with Crippen molar-refractivity contribution in [3.05, 3.63) is 35.9 Å². The summed E-state index contributed by atoms with van der Waals surface area (Å²) in [7, 11) is 1.86. The summed E-state index contributed by atoms with van der Waals surface area (Å²) in [5, 5.41) is 10.7. The molecule has 0 spiro atoms. The lowest BCUT2D eigenvalue weighted by atomic mass is 9.92. The van der Waals surface area contributed by atoms with Crippen LogP contribution >= 0.6 is 0 Å². The lowest BCUT2D eigenvalue weighted by Gasteiger charge is -2.32. The molecule has 1 unspecified atom stereocenters. The predicted molar refractivity (Wildman–Crippen MR) is 124 cm³/mol. The molecule has 0 radical (unpaired) electrons. The number of hydrogen-bond acceptors (Lipinski definition) is 2. The topological polar surface area (TPSA) is 40.5 Å². The first-order valence-corrected chi connectivity index (χ1v) is 12.0. The van der Waals surface area contributed by atoms with Crippen molar-refractivity contribution >= 4 is 5.91 Å². The number of benzene rings is 1. The highest BCUT2D eigenvalue weighted by Crippen LogP contribution is 2.25. The van der Waals surface area contributed by atoms with Gasteiger partial charge in [-0.25, -0.2) is 0 Å². The average Bonchev–Trinajstić information content (AvgIpc) is 2.76. The predicted octanol–water partition coefficient (Wildman–Crippen LogP) is 6.90. The Morgan fingerprint density at radius 2 is 1.34 bits per heavy atom. The number of nitrogens with zero attached hydrogens (tertiary/aromatic N) is 1. The number of aliphatic hydroxyl groups is 1. The van der Waals surface area contributed by atoms with Crippen LogP contribution in [0.4, 0.5) is 0 Å². The highest BCUT2D eigenvalue weighted by molar-refractivity contribution is 5.79. The van der Waals surface area contributed by atoms with Crippen LogP contribution in [0, 0.1) is 5.92 Å². The van der Waals surface area contributed by atoms with E-state index in [2.05, 4.69) is 13.8 Å². The van der Waals surface area contributed by atoms with Gasteiger partial charge in [-0.1, -0.05) is 108 Å². The van der Waals surface area contributed by atoms with Crippen molar-refractivity contribution in [1.29, 1.82) is 0 Å². The van der Waals surface area contributed by atoms with E-state index in [1.807, 2.05) is 44.3 Å². The summed E-state index contributed by atoms with van der Waals surface area (Å²) in [6.07, 6.45) is 13.7. The molecule has 3 nitrogen and oxygen atoms in total. The molecule has 1 N–H and O–H groups in total. The van der Waals surface area contributed by atoms with Crippen molar-refractivity contribution in [2.75, 3.05) is 7.05 Å². The van der Waals surface area contributed by atoms with Crippen LogP contribution in [0.25, 0.3) is 0 Å². The Morgan fingerprint density at radius 3 is 1.90 bits per heavy atom. The van der Waals surface area contributed by atoms with E-state index in [-0.39, 0.29) is 17.9 Å². The number of rotatable bonds is 16. The monoisotopic (exact) mass is 403 g/mol. The molecule has 0 aliphatic heterocycles. The van der Waals surface area contributed by atoms with Crippen LogP contribution in [0.5, 0.6) is 0 Å². The third-order valence-electron chi connectivity index (χ3n) is 6.22. The maximum absolute atomic E-state index is 13.3. The zero-order valence-corrected chi connectivity index (χ0v) is 19.4. The minimum atomic E-state index is -0.653. The molecule has 0 saturated heterocycles. The van der Waals surface area contributed by atoms with Crippen LogP contribution in [0.15, 0.2) is 30.3 Å². The second kappa shape index (κ2) is 15.5. The molecule has 0 aliphatic carbocycles. The molecule has 0 bridgehead atoms. The molecule has 0 aliphatic rings. The van der Waals surface area contributed by atoms with Gasteiger partial charge in [0, 0.05) is 13.0 Å². The second-order valence-electron chi connectivity index (χ2n) is 8.65. The van der Waals surface area contributed by atoms with E-state index in [4.69, 9.17) is 0 Å². The summed E-state index contributed by atoms with van der Waals surface area (Å²) in [5.74, 6) is 0.297. The smallest absolute Gasteiger partial charge is 0.225 e. The first-order chi connectivity index (χ1) is 14.0. The summed E-state index contributed by atoms with van der Waals surface area (Å²) >= 11 is 0. The van der Waals surface area contributed by atoms with Crippen molar-refractivity contribution in [3.63, 3.8) is 0 Å². The molecule has 0 heterocycles. The van der Waals surface area contributed by atoms with Crippen LogP contribution in [0.3, 0.4) is 0 Å². The van der Waals surface area contributed by atoms with Gasteiger partial charge in [0.05, 0.1) is 12.1 Å². The lowest BCUT2D eigenvalue weighted by Crippen LogP contribution is -2.42. The zero-order chi connectivity index (χ0) is 21.5. The third-order valence-corrected chi connectivity index (χ3v) is 6.22. The third kappa shape index (κ3) is 9.80. The second-order valence-corrected chi connectivity index (χ2v) is 8.65. The lowest BCUT2D eigenvalue weighted by molar-refractivity contribution is -0.139. The first-order valence-electron chi connectivity index (χ1n) is 12.0. The molecule has 0 saturated carbocycles. The molecule has 1 amide bonds. The molecule has 1 rings (SSSR count). The van der Waals surface area contributed by atoms with Crippen molar-refractivity contribution in [1.82, 2.24) is 4.90 Å². The van der Waals surface area contributed by atoms with Gasteiger partial charge >= 0.3 is 0 Å². The quantitative estimate of drug-likeness (QED) is 0.305. The number of aliphatic hydroxyl groups excluding tert-OH is 1. The SMILES string of the molecule is CCCCCCCC[C@H](CCCCCC)C(=O)N(C)[C@@H](C)C(O)c1ccccc1. The fourth-order valence-corrected chi connectivity index (χ4v) is 4.01. The minimum Gasteiger partial charge on any atom is -0.386 e. The summed E-state index contributed by atoms with van der Waals surface area (Å²) in [6, 6.07) is 9.44. The molecule has 166 valence electrons. The standard InChI is InChI=1S/C26H45NO2/c1-5-7-9-11-12-15-21-24(20-14-10-8-6-2)26(29)27(4)22(3)25(28)23-18-16-13-17-19-23/h13,16-19,22,24-25,28H,5-12,14-15,20-21H2,1-4H3/t22-,24-,25?/m0/s1. The number of likely N-dealkylation sites (N-methyl/N-ethyl adjacent to an activating group) is 1. The van der Waals surface area contributed by atoms with Crippen LogP contribution in [0.1, 0.15) is 109 Å². The Labute approximate surface area is 179 Å². The fraction of sp³-hybridized carbons (Fsp3) is 0.731. The Kier molecular flexibility index (Phi) is 13.7. The van der Waals surface area contributed by atoms with Crippen LogP contribution in [-0.2, 0) is 4.79 Å². The highest BCUT2D eigenvalue weighted by Gasteiger charge is 2.28. The molecule has 1 aromatic rings. The molecular weight excluding hydrogens is 358 g/mol. The van der Waals surface area contributed by atoms with Crippen LogP contribution < -0.4 is 0 Å². The van der Waals surface area contributed by atoms with Gasteiger partial charge in [-0.3, -0.25) is 4.79 Å². The molecule has 29 heavy (non-hydrogen) atoms. The average molecular weight is 404 g/mol. The molecular formula is C26H45NO2. The van der Waals surface area contributed by atoms with E-state index in [0.29, 0.717) is 0 Å². The molecule has 0 aromatic heterocycles. The van der Waals surface area contributed by atoms with Crippen molar-refractivity contribution < 1.29 is 9.90 Å². The largest absolute Gasteiger partial charge is 0.386 e. The van der Waals surface area contributed by atoms with Crippen LogP contribution in [0.2, 0.25) is 0 Å². The number of carbonyl (C=O) groups excluding carboxylic acids is 1. The normalized spacial score (nSPS) is 14.4.